The van der Waals surface area contributed by atoms with E-state index in [1.807, 2.05) is 0 Å². The van der Waals surface area contributed by atoms with E-state index in [-0.39, 0.29) is 22.0 Å². The Labute approximate surface area is 184 Å². The molecular formula is C23H21FN2O5S. The molecule has 3 aromatic rings. The van der Waals surface area contributed by atoms with Gasteiger partial charge in [-0.3, -0.25) is 9.52 Å². The van der Waals surface area contributed by atoms with Crippen molar-refractivity contribution in [3.05, 3.63) is 78.1 Å². The Bertz CT molecular complexity index is 1270. The highest BCUT2D eigenvalue weighted by Gasteiger charge is 2.51. The lowest BCUT2D eigenvalue weighted by molar-refractivity contribution is -0.118. The van der Waals surface area contributed by atoms with Crippen molar-refractivity contribution in [2.75, 3.05) is 17.1 Å². The summed E-state index contributed by atoms with van der Waals surface area (Å²) in [5, 5.41) is 12.8. The molecule has 3 aromatic carbocycles. The molecule has 0 saturated heterocycles. The van der Waals surface area contributed by atoms with Crippen molar-refractivity contribution in [1.29, 1.82) is 0 Å². The Hall–Kier alpha value is -3.59. The van der Waals surface area contributed by atoms with Crippen LogP contribution in [0.3, 0.4) is 0 Å². The largest absolute Gasteiger partial charge is 0.506 e. The highest BCUT2D eigenvalue weighted by atomic mass is 32.2. The Balaban J connectivity index is 1.59. The molecule has 4 rings (SSSR count). The van der Waals surface area contributed by atoms with Gasteiger partial charge in [-0.1, -0.05) is 24.3 Å². The van der Waals surface area contributed by atoms with E-state index in [2.05, 4.69) is 10.0 Å². The summed E-state index contributed by atoms with van der Waals surface area (Å²) in [5.41, 5.74) is 0.0516. The third kappa shape index (κ3) is 4.11. The van der Waals surface area contributed by atoms with Crippen LogP contribution >= 0.6 is 0 Å². The molecule has 0 spiro atoms. The zero-order chi connectivity index (χ0) is 22.9. The van der Waals surface area contributed by atoms with Crippen molar-refractivity contribution in [2.24, 2.45) is 0 Å². The molecule has 0 radical (unpaired) electrons. The summed E-state index contributed by atoms with van der Waals surface area (Å²) >= 11 is 0. The fourth-order valence-electron chi connectivity index (χ4n) is 3.50. The quantitative estimate of drug-likeness (QED) is 0.466. The molecule has 1 aliphatic rings. The molecule has 0 unspecified atom stereocenters. The number of nitrogens with one attached hydrogen (secondary N) is 2. The standard InChI is InChI=1S/C23H21FN2O5S/c1-31-21-5-3-2-4-18(21)26-32(29,30)17-10-11-20(27)19(14-17)25-22(28)23(12-13-23)15-6-8-16(24)9-7-15/h2-11,14,26-27H,12-13H2,1H3,(H,25,28). The molecule has 9 heteroatoms. The Morgan fingerprint density at radius 3 is 2.38 bits per heavy atom. The summed E-state index contributed by atoms with van der Waals surface area (Å²) in [7, 11) is -2.61. The van der Waals surface area contributed by atoms with E-state index in [0.717, 1.165) is 0 Å². The molecule has 0 heterocycles. The van der Waals surface area contributed by atoms with Gasteiger partial charge in [-0.15, -0.1) is 0 Å². The Kier molecular flexibility index (Phi) is 5.52. The van der Waals surface area contributed by atoms with E-state index in [9.17, 15) is 22.7 Å². The molecule has 32 heavy (non-hydrogen) atoms. The lowest BCUT2D eigenvalue weighted by atomic mass is 9.95. The van der Waals surface area contributed by atoms with Gasteiger partial charge in [0, 0.05) is 0 Å². The Morgan fingerprint density at radius 2 is 1.72 bits per heavy atom. The number of para-hydroxylation sites is 2. The summed E-state index contributed by atoms with van der Waals surface area (Å²) in [6.07, 6.45) is 1.14. The van der Waals surface area contributed by atoms with Gasteiger partial charge in [-0.2, -0.15) is 0 Å². The van der Waals surface area contributed by atoms with Crippen LogP contribution in [0.4, 0.5) is 15.8 Å². The van der Waals surface area contributed by atoms with Crippen LogP contribution < -0.4 is 14.8 Å². The number of anilines is 2. The van der Waals surface area contributed by atoms with Gasteiger partial charge in [0.15, 0.2) is 0 Å². The predicted octanol–water partition coefficient (Wildman–Crippen LogP) is 4.01. The number of amides is 1. The average Bonchev–Trinajstić information content (AvgIpc) is 3.58. The van der Waals surface area contributed by atoms with E-state index in [1.54, 1.807) is 36.4 Å². The predicted molar refractivity (Wildman–Crippen MR) is 118 cm³/mol. The van der Waals surface area contributed by atoms with E-state index >= 15 is 0 Å². The second-order valence-corrected chi connectivity index (χ2v) is 9.21. The van der Waals surface area contributed by atoms with Gasteiger partial charge in [-0.25, -0.2) is 12.8 Å². The van der Waals surface area contributed by atoms with Crippen LogP contribution in [0.2, 0.25) is 0 Å². The molecule has 1 saturated carbocycles. The summed E-state index contributed by atoms with van der Waals surface area (Å²) in [5.74, 6) is -0.724. The van der Waals surface area contributed by atoms with Crippen LogP contribution in [-0.2, 0) is 20.2 Å². The maximum Gasteiger partial charge on any atom is 0.262 e. The number of methoxy groups -OCH3 is 1. The molecule has 0 bridgehead atoms. The number of carbonyl (C=O) groups excluding carboxylic acids is 1. The van der Waals surface area contributed by atoms with Crippen molar-refractivity contribution >= 4 is 27.3 Å². The maximum absolute atomic E-state index is 13.3. The number of halogens is 1. The van der Waals surface area contributed by atoms with E-state index in [4.69, 9.17) is 4.74 Å². The lowest BCUT2D eigenvalue weighted by Gasteiger charge is -2.17. The summed E-state index contributed by atoms with van der Waals surface area (Å²) in [4.78, 5) is 12.8. The minimum Gasteiger partial charge on any atom is -0.506 e. The van der Waals surface area contributed by atoms with Crippen molar-refractivity contribution in [3.63, 3.8) is 0 Å². The first-order valence-corrected chi connectivity index (χ1v) is 11.3. The average molecular weight is 456 g/mol. The number of aromatic hydroxyl groups is 1. The topological polar surface area (TPSA) is 105 Å². The molecule has 7 nitrogen and oxygen atoms in total. The monoisotopic (exact) mass is 456 g/mol. The highest BCUT2D eigenvalue weighted by Crippen LogP contribution is 2.49. The summed E-state index contributed by atoms with van der Waals surface area (Å²) in [6, 6.07) is 15.8. The molecule has 1 fully saturated rings. The first-order valence-electron chi connectivity index (χ1n) is 9.81. The Morgan fingerprint density at radius 1 is 1.03 bits per heavy atom. The number of hydrogen-bond donors (Lipinski definition) is 3. The zero-order valence-corrected chi connectivity index (χ0v) is 17.9. The third-order valence-electron chi connectivity index (χ3n) is 5.46. The van der Waals surface area contributed by atoms with Gasteiger partial charge in [0.2, 0.25) is 5.91 Å². The van der Waals surface area contributed by atoms with E-state index in [0.29, 0.717) is 24.2 Å². The smallest absolute Gasteiger partial charge is 0.262 e. The number of hydrogen-bond acceptors (Lipinski definition) is 5. The van der Waals surface area contributed by atoms with Gasteiger partial charge < -0.3 is 15.2 Å². The number of sulfonamides is 1. The minimum absolute atomic E-state index is 0.0358. The van der Waals surface area contributed by atoms with Crippen LogP contribution in [0.5, 0.6) is 11.5 Å². The SMILES string of the molecule is COc1ccccc1NS(=O)(=O)c1ccc(O)c(NC(=O)C2(c3ccc(F)cc3)CC2)c1. The zero-order valence-electron chi connectivity index (χ0n) is 17.1. The number of phenols is 1. The minimum atomic E-state index is -4.03. The van der Waals surface area contributed by atoms with Crippen LogP contribution in [0.25, 0.3) is 0 Å². The van der Waals surface area contributed by atoms with Gasteiger partial charge in [-0.05, 0) is 60.9 Å². The van der Waals surface area contributed by atoms with Crippen LogP contribution in [0.1, 0.15) is 18.4 Å². The first-order chi connectivity index (χ1) is 15.2. The molecule has 166 valence electrons. The van der Waals surface area contributed by atoms with Crippen LogP contribution in [0, 0.1) is 5.82 Å². The summed E-state index contributed by atoms with van der Waals surface area (Å²) in [6.45, 7) is 0. The normalized spacial score (nSPS) is 14.4. The maximum atomic E-state index is 13.3. The number of carbonyl (C=O) groups is 1. The molecule has 3 N–H and O–H groups in total. The highest BCUT2D eigenvalue weighted by molar-refractivity contribution is 7.92. The molecule has 0 aliphatic heterocycles. The number of rotatable bonds is 7. The number of benzene rings is 3. The van der Waals surface area contributed by atoms with Crippen LogP contribution in [0.15, 0.2) is 71.6 Å². The first kappa shape index (κ1) is 21.6. The van der Waals surface area contributed by atoms with Crippen molar-refractivity contribution in [1.82, 2.24) is 0 Å². The van der Waals surface area contributed by atoms with E-state index in [1.165, 1.54) is 37.4 Å². The molecule has 0 atom stereocenters. The van der Waals surface area contributed by atoms with Gasteiger partial charge in [0.05, 0.1) is 28.8 Å². The number of phenolic OH excluding ortho intramolecular Hbond substituents is 1. The molecule has 1 aliphatic carbocycles. The molecule has 0 aromatic heterocycles. The van der Waals surface area contributed by atoms with Crippen molar-refractivity contribution < 1.29 is 27.4 Å². The molecule has 1 amide bonds. The number of ether oxygens (including phenoxy) is 1. The second kappa shape index (κ2) is 8.16. The fourth-order valence-corrected chi connectivity index (χ4v) is 4.59. The van der Waals surface area contributed by atoms with Gasteiger partial charge in [0.1, 0.15) is 17.3 Å². The van der Waals surface area contributed by atoms with E-state index < -0.39 is 27.2 Å². The van der Waals surface area contributed by atoms with Crippen molar-refractivity contribution in [2.45, 2.75) is 23.2 Å². The third-order valence-corrected chi connectivity index (χ3v) is 6.82. The van der Waals surface area contributed by atoms with Crippen LogP contribution in [-0.4, -0.2) is 26.5 Å². The van der Waals surface area contributed by atoms with Gasteiger partial charge >= 0.3 is 0 Å². The lowest BCUT2D eigenvalue weighted by Crippen LogP contribution is -2.28. The fraction of sp³-hybridized carbons (Fsp3) is 0.174. The summed E-state index contributed by atoms with van der Waals surface area (Å²) < 4.78 is 46.6. The van der Waals surface area contributed by atoms with Gasteiger partial charge in [0.25, 0.3) is 10.0 Å². The second-order valence-electron chi connectivity index (χ2n) is 7.53. The molecular weight excluding hydrogens is 435 g/mol. The van der Waals surface area contributed by atoms with Crippen molar-refractivity contribution in [3.8, 4) is 11.5 Å².